The van der Waals surface area contributed by atoms with Crippen LogP contribution in [0.25, 0.3) is 0 Å². The summed E-state index contributed by atoms with van der Waals surface area (Å²) in [6.07, 6.45) is 0. The molecule has 1 amide bonds. The number of amides is 1. The maximum Gasteiger partial charge on any atom is 0.251 e. The molecule has 0 unspecified atom stereocenters. The molecule has 0 bridgehead atoms. The van der Waals surface area contributed by atoms with Gasteiger partial charge in [0, 0.05) is 25.3 Å². The molecule has 1 N–H and O–H groups in total. The second-order valence-corrected chi connectivity index (χ2v) is 5.19. The molecule has 0 aromatic heterocycles. The van der Waals surface area contributed by atoms with Gasteiger partial charge in [-0.2, -0.15) is 0 Å². The number of hydrogen-bond acceptors (Lipinski definition) is 2. The number of hydrogen-bond donors (Lipinski definition) is 1. The number of anilines is 1. The minimum Gasteiger partial charge on any atom is -0.378 e. The Morgan fingerprint density at radius 2 is 1.81 bits per heavy atom. The molecule has 1 atom stereocenters. The molecule has 0 aliphatic heterocycles. The van der Waals surface area contributed by atoms with Crippen LogP contribution in [0.15, 0.2) is 48.5 Å². The van der Waals surface area contributed by atoms with E-state index in [9.17, 15) is 9.18 Å². The van der Waals surface area contributed by atoms with E-state index in [1.54, 1.807) is 18.2 Å². The van der Waals surface area contributed by atoms with Crippen molar-refractivity contribution in [1.29, 1.82) is 0 Å². The number of rotatable bonds is 4. The van der Waals surface area contributed by atoms with E-state index in [1.807, 2.05) is 44.1 Å². The second kappa shape index (κ2) is 6.39. The molecule has 0 radical (unpaired) electrons. The van der Waals surface area contributed by atoms with Crippen LogP contribution in [0, 0.1) is 5.82 Å². The standard InChI is InChI=1S/C17H19FN2O/c1-12(13-7-9-15(18)10-8-13)19-17(21)14-5-4-6-16(11-14)20(2)3/h4-12H,1-3H3,(H,19,21)/t12-/m1/s1. The monoisotopic (exact) mass is 286 g/mol. The second-order valence-electron chi connectivity index (χ2n) is 5.19. The quantitative estimate of drug-likeness (QED) is 0.934. The number of halogens is 1. The normalized spacial score (nSPS) is 11.8. The zero-order chi connectivity index (χ0) is 15.4. The minimum atomic E-state index is -0.282. The van der Waals surface area contributed by atoms with Crippen LogP contribution in [0.3, 0.4) is 0 Å². The van der Waals surface area contributed by atoms with Crippen molar-refractivity contribution in [3.63, 3.8) is 0 Å². The van der Waals surface area contributed by atoms with Gasteiger partial charge in [0.1, 0.15) is 5.82 Å². The van der Waals surface area contributed by atoms with Crippen molar-refractivity contribution in [3.05, 3.63) is 65.5 Å². The SMILES string of the molecule is C[C@@H](NC(=O)c1cccc(N(C)C)c1)c1ccc(F)cc1. The molecule has 21 heavy (non-hydrogen) atoms. The third kappa shape index (κ3) is 3.81. The molecule has 2 aromatic carbocycles. The molecule has 0 aliphatic carbocycles. The van der Waals surface area contributed by atoms with Gasteiger partial charge in [-0.25, -0.2) is 4.39 Å². The molecule has 0 saturated heterocycles. The number of nitrogens with one attached hydrogen (secondary N) is 1. The number of nitrogens with zero attached hydrogens (tertiary/aromatic N) is 1. The number of carbonyl (C=O) groups is 1. The lowest BCUT2D eigenvalue weighted by atomic mass is 10.1. The number of benzene rings is 2. The lowest BCUT2D eigenvalue weighted by Crippen LogP contribution is -2.26. The Labute approximate surface area is 124 Å². The zero-order valence-electron chi connectivity index (χ0n) is 12.4. The Bertz CT molecular complexity index is 623. The number of carbonyl (C=O) groups excluding carboxylic acids is 1. The van der Waals surface area contributed by atoms with Gasteiger partial charge in [-0.15, -0.1) is 0 Å². The van der Waals surface area contributed by atoms with E-state index in [2.05, 4.69) is 5.32 Å². The first-order valence-corrected chi connectivity index (χ1v) is 6.81. The van der Waals surface area contributed by atoms with Crippen molar-refractivity contribution >= 4 is 11.6 Å². The predicted octanol–water partition coefficient (Wildman–Crippen LogP) is 3.38. The summed E-state index contributed by atoms with van der Waals surface area (Å²) < 4.78 is 12.9. The maximum absolute atomic E-state index is 12.9. The smallest absolute Gasteiger partial charge is 0.251 e. The molecule has 3 nitrogen and oxygen atoms in total. The van der Waals surface area contributed by atoms with E-state index in [1.165, 1.54) is 12.1 Å². The van der Waals surface area contributed by atoms with Gasteiger partial charge in [-0.3, -0.25) is 4.79 Å². The van der Waals surface area contributed by atoms with Crippen molar-refractivity contribution in [2.45, 2.75) is 13.0 Å². The van der Waals surface area contributed by atoms with Gasteiger partial charge in [0.05, 0.1) is 6.04 Å². The van der Waals surface area contributed by atoms with E-state index in [4.69, 9.17) is 0 Å². The summed E-state index contributed by atoms with van der Waals surface area (Å²) in [5, 5.41) is 2.92. The van der Waals surface area contributed by atoms with Crippen molar-refractivity contribution in [2.75, 3.05) is 19.0 Å². The van der Waals surface area contributed by atoms with Crippen LogP contribution in [0.5, 0.6) is 0 Å². The van der Waals surface area contributed by atoms with Gasteiger partial charge in [-0.1, -0.05) is 18.2 Å². The van der Waals surface area contributed by atoms with Crippen molar-refractivity contribution in [2.24, 2.45) is 0 Å². The summed E-state index contributed by atoms with van der Waals surface area (Å²) in [4.78, 5) is 14.2. The third-order valence-corrected chi connectivity index (χ3v) is 3.34. The summed E-state index contributed by atoms with van der Waals surface area (Å²) in [7, 11) is 3.86. The zero-order valence-corrected chi connectivity index (χ0v) is 12.4. The topological polar surface area (TPSA) is 32.3 Å². The highest BCUT2D eigenvalue weighted by Crippen LogP contribution is 2.16. The van der Waals surface area contributed by atoms with Crippen LogP contribution < -0.4 is 10.2 Å². The summed E-state index contributed by atoms with van der Waals surface area (Å²) in [6, 6.07) is 13.4. The Hall–Kier alpha value is -2.36. The van der Waals surface area contributed by atoms with Crippen molar-refractivity contribution < 1.29 is 9.18 Å². The summed E-state index contributed by atoms with van der Waals surface area (Å²) >= 11 is 0. The van der Waals surface area contributed by atoms with E-state index in [0.29, 0.717) is 5.56 Å². The van der Waals surface area contributed by atoms with E-state index in [-0.39, 0.29) is 17.8 Å². The van der Waals surface area contributed by atoms with Crippen LogP contribution in [0.2, 0.25) is 0 Å². The molecule has 110 valence electrons. The molecule has 0 heterocycles. The fourth-order valence-corrected chi connectivity index (χ4v) is 2.04. The summed E-state index contributed by atoms with van der Waals surface area (Å²) in [5.74, 6) is -0.425. The molecule has 2 rings (SSSR count). The first-order chi connectivity index (χ1) is 9.97. The molecular formula is C17H19FN2O. The molecule has 0 fully saturated rings. The fraction of sp³-hybridized carbons (Fsp3) is 0.235. The Morgan fingerprint density at radius 1 is 1.14 bits per heavy atom. The molecule has 0 saturated carbocycles. The molecular weight excluding hydrogens is 267 g/mol. The molecule has 4 heteroatoms. The molecule has 2 aromatic rings. The van der Waals surface area contributed by atoms with Crippen molar-refractivity contribution in [3.8, 4) is 0 Å². The Morgan fingerprint density at radius 3 is 2.43 bits per heavy atom. The lowest BCUT2D eigenvalue weighted by Gasteiger charge is -2.16. The summed E-state index contributed by atoms with van der Waals surface area (Å²) in [5.41, 5.74) is 2.45. The van der Waals surface area contributed by atoms with Gasteiger partial charge in [0.2, 0.25) is 0 Å². The summed E-state index contributed by atoms with van der Waals surface area (Å²) in [6.45, 7) is 1.88. The van der Waals surface area contributed by atoms with Gasteiger partial charge < -0.3 is 10.2 Å². The van der Waals surface area contributed by atoms with Gasteiger partial charge in [-0.05, 0) is 42.8 Å². The van der Waals surface area contributed by atoms with Crippen LogP contribution in [0.1, 0.15) is 28.9 Å². The van der Waals surface area contributed by atoms with Gasteiger partial charge in [0.25, 0.3) is 5.91 Å². The lowest BCUT2D eigenvalue weighted by molar-refractivity contribution is 0.0940. The van der Waals surface area contributed by atoms with Gasteiger partial charge in [0.15, 0.2) is 0 Å². The predicted molar refractivity (Wildman–Crippen MR) is 83.1 cm³/mol. The highest BCUT2D eigenvalue weighted by molar-refractivity contribution is 5.95. The van der Waals surface area contributed by atoms with E-state index < -0.39 is 0 Å². The fourth-order valence-electron chi connectivity index (χ4n) is 2.04. The molecule has 0 aliphatic rings. The van der Waals surface area contributed by atoms with Crippen LogP contribution in [-0.2, 0) is 0 Å². The molecule has 0 spiro atoms. The largest absolute Gasteiger partial charge is 0.378 e. The minimum absolute atomic E-state index is 0.143. The van der Waals surface area contributed by atoms with Crippen LogP contribution in [0.4, 0.5) is 10.1 Å². The maximum atomic E-state index is 12.9. The average Bonchev–Trinajstić information content (AvgIpc) is 2.48. The highest BCUT2D eigenvalue weighted by Gasteiger charge is 2.12. The third-order valence-electron chi connectivity index (χ3n) is 3.34. The first-order valence-electron chi connectivity index (χ1n) is 6.81. The Balaban J connectivity index is 2.10. The van der Waals surface area contributed by atoms with Crippen LogP contribution >= 0.6 is 0 Å². The van der Waals surface area contributed by atoms with E-state index in [0.717, 1.165) is 11.3 Å². The first kappa shape index (κ1) is 15.0. The highest BCUT2D eigenvalue weighted by atomic mass is 19.1. The van der Waals surface area contributed by atoms with Crippen molar-refractivity contribution in [1.82, 2.24) is 5.32 Å². The Kier molecular flexibility index (Phi) is 4.58. The van der Waals surface area contributed by atoms with Gasteiger partial charge >= 0.3 is 0 Å². The van der Waals surface area contributed by atoms with E-state index >= 15 is 0 Å². The van der Waals surface area contributed by atoms with Crippen LogP contribution in [-0.4, -0.2) is 20.0 Å². The average molecular weight is 286 g/mol.